The molecule has 2 aromatic rings. The molecule has 4 rings (SSSR count). The molecule has 1 aliphatic heterocycles. The van der Waals surface area contributed by atoms with E-state index in [9.17, 15) is 22.8 Å². The minimum Gasteiger partial charge on any atom is -0.496 e. The summed E-state index contributed by atoms with van der Waals surface area (Å²) in [7, 11) is 1.26. The number of fused-ring (bicyclic) bond motifs is 5. The molecule has 1 saturated heterocycles. The minimum absolute atomic E-state index is 0.0119. The molecular weight excluding hydrogens is 325 g/mol. The number of hydrogen-bond donors (Lipinski definition) is 2. The number of nitrogens with one attached hydrogen (secondary N) is 2. The predicted octanol–water partition coefficient (Wildman–Crippen LogP) is 2.18. The summed E-state index contributed by atoms with van der Waals surface area (Å²) < 4.78 is 47.3. The average Bonchev–Trinajstić information content (AvgIpc) is 2.95. The van der Waals surface area contributed by atoms with Gasteiger partial charge in [-0.05, 0) is 12.1 Å². The third-order valence-electron chi connectivity index (χ3n) is 4.27. The summed E-state index contributed by atoms with van der Waals surface area (Å²) in [5.74, 6) is -3.48. The van der Waals surface area contributed by atoms with E-state index in [0.717, 1.165) is 18.2 Å². The first kappa shape index (κ1) is 14.6. The van der Waals surface area contributed by atoms with Crippen LogP contribution < -0.4 is 15.4 Å². The van der Waals surface area contributed by atoms with E-state index in [2.05, 4.69) is 5.32 Å². The highest BCUT2D eigenvalue weighted by molar-refractivity contribution is 6.13. The number of imide groups is 1. The highest BCUT2D eigenvalue weighted by atomic mass is 19.1. The number of hydrogen-bond acceptors (Lipinski definition) is 3. The zero-order valence-corrected chi connectivity index (χ0v) is 12.2. The van der Waals surface area contributed by atoms with Gasteiger partial charge in [-0.1, -0.05) is 0 Å². The van der Waals surface area contributed by atoms with E-state index >= 15 is 0 Å². The van der Waals surface area contributed by atoms with Crippen LogP contribution in [-0.4, -0.2) is 19.0 Å². The fourth-order valence-corrected chi connectivity index (χ4v) is 3.40. The van der Waals surface area contributed by atoms with Gasteiger partial charge in [0.25, 0.3) is 5.91 Å². The van der Waals surface area contributed by atoms with Gasteiger partial charge in [0.1, 0.15) is 23.2 Å². The Morgan fingerprint density at radius 1 is 0.958 bits per heavy atom. The molecular formula is C16H9F3N2O3. The molecule has 1 unspecified atom stereocenters. The lowest BCUT2D eigenvalue weighted by molar-refractivity contribution is -0.122. The highest BCUT2D eigenvalue weighted by Gasteiger charge is 2.56. The van der Waals surface area contributed by atoms with Gasteiger partial charge < -0.3 is 10.1 Å². The number of carbonyl (C=O) groups is 2. The van der Waals surface area contributed by atoms with Crippen molar-refractivity contribution in [2.24, 2.45) is 0 Å². The Morgan fingerprint density at radius 2 is 1.58 bits per heavy atom. The van der Waals surface area contributed by atoms with Crippen LogP contribution in [0.1, 0.15) is 11.1 Å². The lowest BCUT2D eigenvalue weighted by atomic mass is 9.87. The van der Waals surface area contributed by atoms with E-state index in [1.807, 2.05) is 5.32 Å². The van der Waals surface area contributed by atoms with Crippen LogP contribution in [0.25, 0.3) is 11.1 Å². The SMILES string of the molecule is COc1cc(F)cc2c1-c1c(F)cc(F)cc1C21NC(=O)NC1=O. The van der Waals surface area contributed by atoms with Gasteiger partial charge in [-0.2, -0.15) is 0 Å². The molecule has 2 N–H and O–H groups in total. The molecule has 0 aromatic heterocycles. The van der Waals surface area contributed by atoms with Gasteiger partial charge in [0.15, 0.2) is 5.54 Å². The topological polar surface area (TPSA) is 67.4 Å². The third kappa shape index (κ3) is 1.60. The molecule has 122 valence electrons. The Morgan fingerprint density at radius 3 is 2.17 bits per heavy atom. The van der Waals surface area contributed by atoms with Crippen LogP contribution in [0, 0.1) is 17.5 Å². The van der Waals surface area contributed by atoms with Crippen LogP contribution in [0.5, 0.6) is 5.75 Å². The number of amides is 3. The van der Waals surface area contributed by atoms with Crippen LogP contribution in [0.15, 0.2) is 24.3 Å². The lowest BCUT2D eigenvalue weighted by Crippen LogP contribution is -2.43. The summed E-state index contributed by atoms with van der Waals surface area (Å²) >= 11 is 0. The van der Waals surface area contributed by atoms with Gasteiger partial charge in [0, 0.05) is 34.4 Å². The van der Waals surface area contributed by atoms with Gasteiger partial charge in [0.05, 0.1) is 7.11 Å². The maximum Gasteiger partial charge on any atom is 0.322 e. The van der Waals surface area contributed by atoms with Crippen LogP contribution in [0.4, 0.5) is 18.0 Å². The van der Waals surface area contributed by atoms with E-state index in [4.69, 9.17) is 4.74 Å². The first-order chi connectivity index (χ1) is 11.4. The second-order valence-electron chi connectivity index (χ2n) is 5.50. The minimum atomic E-state index is -1.90. The van der Waals surface area contributed by atoms with Crippen molar-refractivity contribution in [1.29, 1.82) is 0 Å². The first-order valence-electron chi connectivity index (χ1n) is 6.90. The molecule has 1 fully saturated rings. The van der Waals surface area contributed by atoms with E-state index in [0.29, 0.717) is 6.07 Å². The molecule has 1 heterocycles. The van der Waals surface area contributed by atoms with E-state index in [-0.39, 0.29) is 28.0 Å². The van der Waals surface area contributed by atoms with Crippen LogP contribution >= 0.6 is 0 Å². The van der Waals surface area contributed by atoms with E-state index < -0.39 is 34.9 Å². The van der Waals surface area contributed by atoms with Crippen molar-refractivity contribution < 1.29 is 27.5 Å². The maximum absolute atomic E-state index is 14.5. The first-order valence-corrected chi connectivity index (χ1v) is 6.90. The summed E-state index contributed by atoms with van der Waals surface area (Å²) in [6, 6.07) is 2.78. The predicted molar refractivity (Wildman–Crippen MR) is 75.8 cm³/mol. The molecule has 5 nitrogen and oxygen atoms in total. The smallest absolute Gasteiger partial charge is 0.322 e. The van der Waals surface area contributed by atoms with Crippen molar-refractivity contribution in [2.75, 3.05) is 7.11 Å². The number of benzene rings is 2. The van der Waals surface area contributed by atoms with Crippen molar-refractivity contribution in [2.45, 2.75) is 5.54 Å². The van der Waals surface area contributed by atoms with Crippen LogP contribution in [0.3, 0.4) is 0 Å². The summed E-state index contributed by atoms with van der Waals surface area (Å²) in [6.45, 7) is 0. The highest BCUT2D eigenvalue weighted by Crippen LogP contribution is 2.53. The van der Waals surface area contributed by atoms with Crippen molar-refractivity contribution in [3.63, 3.8) is 0 Å². The Bertz CT molecular complexity index is 945. The number of rotatable bonds is 1. The number of halogens is 3. The van der Waals surface area contributed by atoms with Crippen molar-refractivity contribution in [3.8, 4) is 16.9 Å². The molecule has 1 aliphatic carbocycles. The molecule has 1 atom stereocenters. The number of carbonyl (C=O) groups excluding carboxylic acids is 2. The zero-order valence-electron chi connectivity index (χ0n) is 12.2. The van der Waals surface area contributed by atoms with Crippen LogP contribution in [-0.2, 0) is 10.3 Å². The fourth-order valence-electron chi connectivity index (χ4n) is 3.40. The summed E-state index contributed by atoms with van der Waals surface area (Å²) in [5.41, 5.74) is -2.03. The third-order valence-corrected chi connectivity index (χ3v) is 4.27. The number of ether oxygens (including phenoxy) is 1. The largest absolute Gasteiger partial charge is 0.496 e. The van der Waals surface area contributed by atoms with Gasteiger partial charge in [-0.3, -0.25) is 10.1 Å². The Balaban J connectivity index is 2.19. The number of urea groups is 1. The summed E-state index contributed by atoms with van der Waals surface area (Å²) in [6.07, 6.45) is 0. The average molecular weight is 334 g/mol. The van der Waals surface area contributed by atoms with Crippen molar-refractivity contribution in [1.82, 2.24) is 10.6 Å². The molecule has 8 heteroatoms. The summed E-state index contributed by atoms with van der Waals surface area (Å²) in [4.78, 5) is 24.2. The molecule has 0 saturated carbocycles. The molecule has 24 heavy (non-hydrogen) atoms. The monoisotopic (exact) mass is 334 g/mol. The molecule has 3 amide bonds. The van der Waals surface area contributed by atoms with Gasteiger partial charge in [0.2, 0.25) is 0 Å². The second kappa shape index (κ2) is 4.50. The number of methoxy groups -OCH3 is 1. The van der Waals surface area contributed by atoms with Crippen molar-refractivity contribution >= 4 is 11.9 Å². The van der Waals surface area contributed by atoms with E-state index in [1.165, 1.54) is 7.11 Å². The molecule has 2 aromatic carbocycles. The van der Waals surface area contributed by atoms with Gasteiger partial charge in [-0.15, -0.1) is 0 Å². The standard InChI is InChI=1S/C16H9F3N2O3/c1-24-11-5-7(18)3-9-13(11)12-8(2-6(17)4-10(12)19)16(9)14(22)20-15(23)21-16/h2-5H,1H3,(H2,20,21,22,23). The normalized spacial score (nSPS) is 20.7. The molecule has 0 bridgehead atoms. The quantitative estimate of drug-likeness (QED) is 0.786. The lowest BCUT2D eigenvalue weighted by Gasteiger charge is -2.23. The van der Waals surface area contributed by atoms with E-state index in [1.54, 1.807) is 0 Å². The molecule has 2 aliphatic rings. The van der Waals surface area contributed by atoms with Gasteiger partial charge >= 0.3 is 6.03 Å². The second-order valence-corrected chi connectivity index (χ2v) is 5.50. The summed E-state index contributed by atoms with van der Waals surface area (Å²) in [5, 5.41) is 4.40. The Kier molecular flexibility index (Phi) is 2.73. The van der Waals surface area contributed by atoms with Crippen LogP contribution in [0.2, 0.25) is 0 Å². The fraction of sp³-hybridized carbons (Fsp3) is 0.125. The van der Waals surface area contributed by atoms with Gasteiger partial charge in [-0.25, -0.2) is 18.0 Å². The van der Waals surface area contributed by atoms with Crippen molar-refractivity contribution in [3.05, 3.63) is 52.8 Å². The molecule has 1 spiro atoms. The zero-order chi connectivity index (χ0) is 17.2. The maximum atomic E-state index is 14.5. The Labute approximate surface area is 133 Å². The molecule has 0 radical (unpaired) electrons. The Hall–Kier alpha value is -3.03.